The van der Waals surface area contributed by atoms with Gasteiger partial charge in [-0.1, -0.05) is 29.4 Å². The van der Waals surface area contributed by atoms with E-state index in [9.17, 15) is 15.0 Å². The molecule has 0 bridgehead atoms. The average Bonchev–Trinajstić information content (AvgIpc) is 2.78. The molecule has 0 saturated carbocycles. The van der Waals surface area contributed by atoms with E-state index < -0.39 is 24.3 Å². The van der Waals surface area contributed by atoms with Crippen molar-refractivity contribution in [3.8, 4) is 0 Å². The second kappa shape index (κ2) is 10.3. The van der Waals surface area contributed by atoms with E-state index in [-0.39, 0.29) is 18.6 Å². The highest BCUT2D eigenvalue weighted by Gasteiger charge is 2.37. The maximum Gasteiger partial charge on any atom is 0.337 e. The predicted octanol–water partition coefficient (Wildman–Crippen LogP) is 2.58. The lowest BCUT2D eigenvalue weighted by atomic mass is 10.0. The molecule has 0 unspecified atom stereocenters. The molecule has 1 saturated heterocycles. The molecular formula is C20H30O5. The summed E-state index contributed by atoms with van der Waals surface area (Å²) in [5.41, 5.74) is 3.08. The second-order valence-electron chi connectivity index (χ2n) is 6.69. The van der Waals surface area contributed by atoms with Crippen LogP contribution in [0.15, 0.2) is 46.6 Å². The Labute approximate surface area is 150 Å². The van der Waals surface area contributed by atoms with E-state index in [4.69, 9.17) is 9.84 Å². The van der Waals surface area contributed by atoms with Crippen LogP contribution < -0.4 is 0 Å². The van der Waals surface area contributed by atoms with Crippen molar-refractivity contribution in [2.45, 2.75) is 65.3 Å². The summed E-state index contributed by atoms with van der Waals surface area (Å²) in [5, 5.41) is 29.2. The summed E-state index contributed by atoms with van der Waals surface area (Å²) in [6.07, 6.45) is 6.47. The van der Waals surface area contributed by atoms with E-state index in [1.54, 1.807) is 18.2 Å². The quantitative estimate of drug-likeness (QED) is 0.356. The monoisotopic (exact) mass is 350 g/mol. The minimum Gasteiger partial charge on any atom is -0.452 e. The summed E-state index contributed by atoms with van der Waals surface area (Å²) in [6.45, 7) is 7.58. The van der Waals surface area contributed by atoms with E-state index in [0.717, 1.165) is 29.6 Å². The molecule has 25 heavy (non-hydrogen) atoms. The number of carbonyl (C=O) groups excluding carboxylic acids is 1. The molecule has 3 atom stereocenters. The van der Waals surface area contributed by atoms with Gasteiger partial charge < -0.3 is 20.1 Å². The summed E-state index contributed by atoms with van der Waals surface area (Å²) < 4.78 is 5.15. The smallest absolute Gasteiger partial charge is 0.337 e. The molecule has 140 valence electrons. The number of cyclic esters (lactones) is 1. The van der Waals surface area contributed by atoms with Gasteiger partial charge in [0.25, 0.3) is 0 Å². The Bertz CT molecular complexity index is 579. The van der Waals surface area contributed by atoms with Crippen molar-refractivity contribution in [3.05, 3.63) is 46.6 Å². The average molecular weight is 350 g/mol. The van der Waals surface area contributed by atoms with Crippen LogP contribution in [0.25, 0.3) is 0 Å². The van der Waals surface area contributed by atoms with E-state index in [0.29, 0.717) is 0 Å². The highest BCUT2D eigenvalue weighted by atomic mass is 16.6. The molecular weight excluding hydrogens is 320 g/mol. The van der Waals surface area contributed by atoms with Crippen LogP contribution >= 0.6 is 0 Å². The minimum absolute atomic E-state index is 0.0386. The second-order valence-corrected chi connectivity index (χ2v) is 6.69. The van der Waals surface area contributed by atoms with Crippen molar-refractivity contribution < 1.29 is 24.9 Å². The zero-order valence-corrected chi connectivity index (χ0v) is 15.5. The summed E-state index contributed by atoms with van der Waals surface area (Å²) in [6, 6.07) is 0. The summed E-state index contributed by atoms with van der Waals surface area (Å²) in [5.74, 6) is -0.534. The van der Waals surface area contributed by atoms with Gasteiger partial charge in [0, 0.05) is 0 Å². The molecule has 0 radical (unpaired) electrons. The van der Waals surface area contributed by atoms with E-state index in [1.165, 1.54) is 0 Å². The molecule has 1 aliphatic rings. The molecule has 1 aliphatic heterocycles. The number of hydrogen-bond donors (Lipinski definition) is 3. The van der Waals surface area contributed by atoms with Gasteiger partial charge >= 0.3 is 5.97 Å². The van der Waals surface area contributed by atoms with Gasteiger partial charge in [0.05, 0.1) is 18.3 Å². The number of hydrogen-bond acceptors (Lipinski definition) is 5. The topological polar surface area (TPSA) is 87.0 Å². The van der Waals surface area contributed by atoms with Gasteiger partial charge in [-0.05, 0) is 58.6 Å². The number of allylic oxidation sites excluding steroid dienone is 3. The number of esters is 1. The molecule has 0 aromatic rings. The van der Waals surface area contributed by atoms with Gasteiger partial charge in [-0.25, -0.2) is 4.79 Å². The first-order valence-corrected chi connectivity index (χ1v) is 8.61. The molecule has 0 spiro atoms. The van der Waals surface area contributed by atoms with Crippen molar-refractivity contribution in [2.24, 2.45) is 0 Å². The van der Waals surface area contributed by atoms with Gasteiger partial charge in [0.1, 0.15) is 6.10 Å². The molecule has 0 aromatic heterocycles. The van der Waals surface area contributed by atoms with Crippen molar-refractivity contribution in [1.29, 1.82) is 0 Å². The zero-order chi connectivity index (χ0) is 19.0. The summed E-state index contributed by atoms with van der Waals surface area (Å²) in [4.78, 5) is 11.9. The molecule has 1 rings (SSSR count). The molecule has 1 heterocycles. The van der Waals surface area contributed by atoms with Crippen LogP contribution in [-0.2, 0) is 9.53 Å². The highest BCUT2D eigenvalue weighted by Crippen LogP contribution is 2.24. The Kier molecular flexibility index (Phi) is 8.83. The van der Waals surface area contributed by atoms with E-state index in [1.807, 2.05) is 33.8 Å². The zero-order valence-electron chi connectivity index (χ0n) is 15.5. The highest BCUT2D eigenvalue weighted by molar-refractivity contribution is 5.92. The van der Waals surface area contributed by atoms with Gasteiger partial charge in [-0.15, -0.1) is 0 Å². The standard InChI is InChI=1S/C20H30O5/c1-13(2)12-18-19(23)16(20(24)25-18)8-9-17(22)15(4)7-5-6-14(3)10-11-21/h7-8,10,12,17-19,21-23H,5-6,9,11H2,1-4H3/b14-10-,15-7+,16-8+/t17-,18+,19+/m0/s1. The van der Waals surface area contributed by atoms with Crippen LogP contribution in [0, 0.1) is 0 Å². The van der Waals surface area contributed by atoms with Crippen molar-refractivity contribution in [1.82, 2.24) is 0 Å². The van der Waals surface area contributed by atoms with Crippen molar-refractivity contribution in [2.75, 3.05) is 6.61 Å². The minimum atomic E-state index is -0.995. The SMILES string of the molecule is CC(C)=C[C@H]1OC(=O)/C(=C/C[C@H](O)/C(C)=C/CC/C(C)=C\CO)[C@H]1O. The van der Waals surface area contributed by atoms with Crippen LogP contribution in [0.5, 0.6) is 0 Å². The molecule has 5 heteroatoms. The summed E-state index contributed by atoms with van der Waals surface area (Å²) in [7, 11) is 0. The number of ether oxygens (including phenoxy) is 1. The van der Waals surface area contributed by atoms with Crippen LogP contribution in [0.3, 0.4) is 0 Å². The Balaban J connectivity index is 2.63. The molecule has 0 amide bonds. The number of aliphatic hydroxyl groups excluding tert-OH is 3. The van der Waals surface area contributed by atoms with E-state index in [2.05, 4.69) is 0 Å². The third kappa shape index (κ3) is 6.98. The van der Waals surface area contributed by atoms with E-state index >= 15 is 0 Å². The maximum atomic E-state index is 11.9. The normalized spacial score (nSPS) is 24.4. The summed E-state index contributed by atoms with van der Waals surface area (Å²) >= 11 is 0. The third-order valence-corrected chi connectivity index (χ3v) is 4.14. The molecule has 0 aliphatic carbocycles. The van der Waals surface area contributed by atoms with Crippen molar-refractivity contribution in [3.63, 3.8) is 0 Å². The van der Waals surface area contributed by atoms with Gasteiger partial charge in [0.2, 0.25) is 0 Å². The first kappa shape index (κ1) is 21.4. The van der Waals surface area contributed by atoms with Crippen molar-refractivity contribution >= 4 is 5.97 Å². The number of aliphatic hydroxyl groups is 3. The van der Waals surface area contributed by atoms with Crippen LogP contribution in [-0.4, -0.2) is 46.2 Å². The lowest BCUT2D eigenvalue weighted by Gasteiger charge is -2.11. The lowest BCUT2D eigenvalue weighted by Crippen LogP contribution is -2.20. The Morgan fingerprint density at radius 3 is 2.52 bits per heavy atom. The number of rotatable bonds is 8. The van der Waals surface area contributed by atoms with Gasteiger partial charge in [-0.2, -0.15) is 0 Å². The first-order valence-electron chi connectivity index (χ1n) is 8.61. The molecule has 1 fully saturated rings. The first-order chi connectivity index (χ1) is 11.8. The fourth-order valence-corrected chi connectivity index (χ4v) is 2.56. The molecule has 5 nitrogen and oxygen atoms in total. The molecule has 0 aromatic carbocycles. The van der Waals surface area contributed by atoms with Gasteiger partial charge in [0.15, 0.2) is 6.10 Å². The fourth-order valence-electron chi connectivity index (χ4n) is 2.56. The Morgan fingerprint density at radius 1 is 1.24 bits per heavy atom. The molecule has 3 N–H and O–H groups in total. The van der Waals surface area contributed by atoms with Crippen LogP contribution in [0.2, 0.25) is 0 Å². The number of carbonyl (C=O) groups is 1. The lowest BCUT2D eigenvalue weighted by molar-refractivity contribution is -0.137. The predicted molar refractivity (Wildman–Crippen MR) is 97.9 cm³/mol. The Hall–Kier alpha value is -1.69. The fraction of sp³-hybridized carbons (Fsp3) is 0.550. The van der Waals surface area contributed by atoms with Crippen LogP contribution in [0.1, 0.15) is 47.0 Å². The van der Waals surface area contributed by atoms with Gasteiger partial charge in [-0.3, -0.25) is 0 Å². The third-order valence-electron chi connectivity index (χ3n) is 4.14. The largest absolute Gasteiger partial charge is 0.452 e. The van der Waals surface area contributed by atoms with Crippen LogP contribution in [0.4, 0.5) is 0 Å². The Morgan fingerprint density at radius 2 is 1.92 bits per heavy atom. The maximum absolute atomic E-state index is 11.9.